The number of hydrogen-bond acceptors (Lipinski definition) is 4. The minimum atomic E-state index is 0.931. The molecule has 0 aliphatic heterocycles. The molecule has 0 amide bonds. The summed E-state index contributed by atoms with van der Waals surface area (Å²) in [6.07, 6.45) is 11.8. The third-order valence-corrected chi connectivity index (χ3v) is 3.71. The predicted octanol–water partition coefficient (Wildman–Crippen LogP) is 2.22. The molecule has 0 atom stereocenters. The van der Waals surface area contributed by atoms with Gasteiger partial charge < -0.3 is 9.13 Å². The average Bonchev–Trinajstić information content (AvgIpc) is 2.94. The first-order chi connectivity index (χ1) is 7.85. The highest BCUT2D eigenvalue weighted by atomic mass is 32.2. The number of aryl methyl sites for hydroxylation is 2. The fourth-order valence-electron chi connectivity index (χ4n) is 1.53. The maximum Gasteiger partial charge on any atom is 0.167 e. The van der Waals surface area contributed by atoms with Gasteiger partial charge in [-0.2, -0.15) is 0 Å². The molecule has 0 unspecified atom stereocenters. The quantitative estimate of drug-likeness (QED) is 0.767. The van der Waals surface area contributed by atoms with Crippen molar-refractivity contribution in [3.63, 3.8) is 0 Å². The molecular formula is C10H14N4S2. The van der Waals surface area contributed by atoms with Gasteiger partial charge in [-0.15, -0.1) is 0 Å². The Kier molecular flexibility index (Phi) is 3.95. The third kappa shape index (κ3) is 2.44. The minimum absolute atomic E-state index is 0.931. The van der Waals surface area contributed by atoms with Crippen LogP contribution in [0.15, 0.2) is 35.1 Å². The third-order valence-electron chi connectivity index (χ3n) is 2.30. The van der Waals surface area contributed by atoms with Crippen molar-refractivity contribution in [1.82, 2.24) is 19.1 Å². The lowest BCUT2D eigenvalue weighted by Crippen LogP contribution is -2.07. The first kappa shape index (κ1) is 11.6. The highest BCUT2D eigenvalue weighted by Gasteiger charge is 2.03. The van der Waals surface area contributed by atoms with Crippen molar-refractivity contribution in [3.8, 4) is 0 Å². The molecule has 2 aromatic heterocycles. The summed E-state index contributed by atoms with van der Waals surface area (Å²) >= 11 is 3.34. The topological polar surface area (TPSA) is 35.6 Å². The molecule has 0 radical (unpaired) electrons. The summed E-state index contributed by atoms with van der Waals surface area (Å²) in [4.78, 5) is 8.55. The molecule has 2 heterocycles. The molecule has 0 bridgehead atoms. The zero-order valence-corrected chi connectivity index (χ0v) is 11.0. The van der Waals surface area contributed by atoms with Crippen molar-refractivity contribution < 1.29 is 0 Å². The lowest BCUT2D eigenvalue weighted by molar-refractivity contribution is 0.520. The number of nitrogens with zero attached hydrogens (tertiary/aromatic N) is 4. The summed E-state index contributed by atoms with van der Waals surface area (Å²) in [5, 5.41) is 2.12. The highest BCUT2D eigenvalue weighted by Crippen LogP contribution is 2.14. The average molecular weight is 254 g/mol. The Labute approximate surface area is 103 Å². The van der Waals surface area contributed by atoms with Gasteiger partial charge >= 0.3 is 0 Å². The molecule has 0 aliphatic carbocycles. The predicted molar refractivity (Wildman–Crippen MR) is 68.0 cm³/mol. The molecule has 16 heavy (non-hydrogen) atoms. The minimum Gasteiger partial charge on any atom is -0.324 e. The van der Waals surface area contributed by atoms with E-state index in [1.807, 2.05) is 37.3 Å². The van der Waals surface area contributed by atoms with Gasteiger partial charge in [0.05, 0.1) is 0 Å². The Bertz CT molecular complexity index is 407. The van der Waals surface area contributed by atoms with E-state index in [0.717, 1.165) is 23.4 Å². The van der Waals surface area contributed by atoms with E-state index in [9.17, 15) is 0 Å². The fraction of sp³-hybridized carbons (Fsp3) is 0.400. The lowest BCUT2D eigenvalue weighted by atomic mass is 10.6. The number of rotatable bonds is 5. The van der Waals surface area contributed by atoms with E-state index in [-0.39, 0.29) is 0 Å². The van der Waals surface area contributed by atoms with Crippen LogP contribution in [0.5, 0.6) is 0 Å². The largest absolute Gasteiger partial charge is 0.324 e. The number of thioether (sulfide) groups is 2. The fourth-order valence-corrected chi connectivity index (χ4v) is 2.63. The maximum atomic E-state index is 4.27. The number of aromatic nitrogens is 4. The Morgan fingerprint density at radius 1 is 0.938 bits per heavy atom. The first-order valence-corrected chi connectivity index (χ1v) is 7.40. The van der Waals surface area contributed by atoms with Crippen molar-refractivity contribution in [2.45, 2.75) is 23.4 Å². The van der Waals surface area contributed by atoms with Crippen LogP contribution in [-0.2, 0) is 13.1 Å². The van der Waals surface area contributed by atoms with Crippen molar-refractivity contribution in [2.75, 3.05) is 12.5 Å². The van der Waals surface area contributed by atoms with Gasteiger partial charge in [0.15, 0.2) is 10.3 Å². The van der Waals surface area contributed by atoms with E-state index in [1.165, 1.54) is 0 Å². The Morgan fingerprint density at radius 2 is 1.38 bits per heavy atom. The van der Waals surface area contributed by atoms with Crippen LogP contribution >= 0.6 is 23.5 Å². The summed E-state index contributed by atoms with van der Waals surface area (Å²) < 4.78 is 4.32. The molecule has 2 aromatic rings. The van der Waals surface area contributed by atoms with Crippen LogP contribution in [0.3, 0.4) is 0 Å². The van der Waals surface area contributed by atoms with Gasteiger partial charge in [-0.3, -0.25) is 0 Å². The van der Waals surface area contributed by atoms with Crippen molar-refractivity contribution >= 4 is 23.5 Å². The van der Waals surface area contributed by atoms with Crippen LogP contribution < -0.4 is 0 Å². The zero-order valence-electron chi connectivity index (χ0n) is 9.33. The van der Waals surface area contributed by atoms with Crippen LogP contribution in [0, 0.1) is 0 Å². The van der Waals surface area contributed by atoms with Crippen LogP contribution in [0.2, 0.25) is 0 Å². The van der Waals surface area contributed by atoms with E-state index in [2.05, 4.69) is 19.1 Å². The van der Waals surface area contributed by atoms with Crippen LogP contribution in [-0.4, -0.2) is 31.6 Å². The second kappa shape index (κ2) is 5.45. The molecule has 4 nitrogen and oxygen atoms in total. The Hall–Kier alpha value is -0.880. The van der Waals surface area contributed by atoms with E-state index >= 15 is 0 Å². The van der Waals surface area contributed by atoms with E-state index in [4.69, 9.17) is 0 Å². The summed E-state index contributed by atoms with van der Waals surface area (Å²) in [5.74, 6) is 0. The number of imidazole rings is 2. The van der Waals surface area contributed by atoms with Crippen LogP contribution in [0.1, 0.15) is 0 Å². The SMILES string of the molecule is CSc1nccn1CCn1ccnc1SC. The molecule has 0 saturated heterocycles. The van der Waals surface area contributed by atoms with Crippen molar-refractivity contribution in [1.29, 1.82) is 0 Å². The Balaban J connectivity index is 2.02. The highest BCUT2D eigenvalue weighted by molar-refractivity contribution is 7.98. The van der Waals surface area contributed by atoms with Gasteiger partial charge in [-0.05, 0) is 12.5 Å². The maximum absolute atomic E-state index is 4.27. The number of hydrogen-bond donors (Lipinski definition) is 0. The summed E-state index contributed by atoms with van der Waals surface area (Å²) in [6, 6.07) is 0. The summed E-state index contributed by atoms with van der Waals surface area (Å²) in [7, 11) is 0. The molecule has 6 heteroatoms. The monoisotopic (exact) mass is 254 g/mol. The molecule has 0 N–H and O–H groups in total. The van der Waals surface area contributed by atoms with Gasteiger partial charge in [0.2, 0.25) is 0 Å². The van der Waals surface area contributed by atoms with Crippen molar-refractivity contribution in [3.05, 3.63) is 24.8 Å². The van der Waals surface area contributed by atoms with Gasteiger partial charge in [0.25, 0.3) is 0 Å². The Morgan fingerprint density at radius 3 is 1.75 bits per heavy atom. The van der Waals surface area contributed by atoms with E-state index in [1.54, 1.807) is 23.5 Å². The van der Waals surface area contributed by atoms with Crippen LogP contribution in [0.25, 0.3) is 0 Å². The standard InChI is InChI=1S/C10H14N4S2/c1-15-9-11-3-5-13(9)7-8-14-6-4-12-10(14)16-2/h3-6H,7-8H2,1-2H3. The van der Waals surface area contributed by atoms with Crippen molar-refractivity contribution in [2.24, 2.45) is 0 Å². The second-order valence-corrected chi connectivity index (χ2v) is 4.76. The molecule has 0 spiro atoms. The molecule has 0 saturated carbocycles. The van der Waals surface area contributed by atoms with E-state index < -0.39 is 0 Å². The molecule has 0 fully saturated rings. The second-order valence-electron chi connectivity index (χ2n) is 3.21. The van der Waals surface area contributed by atoms with Gasteiger partial charge in [0, 0.05) is 37.9 Å². The summed E-state index contributed by atoms with van der Waals surface area (Å²) in [6.45, 7) is 1.86. The van der Waals surface area contributed by atoms with Crippen LogP contribution in [0.4, 0.5) is 0 Å². The molecule has 0 aliphatic rings. The smallest absolute Gasteiger partial charge is 0.167 e. The molecular weight excluding hydrogens is 240 g/mol. The van der Waals surface area contributed by atoms with E-state index in [0.29, 0.717) is 0 Å². The molecule has 2 rings (SSSR count). The van der Waals surface area contributed by atoms with Gasteiger partial charge in [-0.1, -0.05) is 23.5 Å². The van der Waals surface area contributed by atoms with Gasteiger partial charge in [-0.25, -0.2) is 9.97 Å². The normalized spacial score (nSPS) is 10.9. The molecule has 86 valence electrons. The first-order valence-electron chi connectivity index (χ1n) is 4.95. The summed E-state index contributed by atoms with van der Waals surface area (Å²) in [5.41, 5.74) is 0. The lowest BCUT2D eigenvalue weighted by Gasteiger charge is -2.08. The zero-order chi connectivity index (χ0) is 11.4. The molecule has 0 aromatic carbocycles. The van der Waals surface area contributed by atoms with Gasteiger partial charge in [0.1, 0.15) is 0 Å².